The van der Waals surface area contributed by atoms with Gasteiger partial charge in [-0.05, 0) is 35.7 Å². The largest absolute Gasteiger partial charge is 0.481 e. The maximum absolute atomic E-state index is 13.2. The quantitative estimate of drug-likeness (QED) is 0.531. The zero-order valence-electron chi connectivity index (χ0n) is 17.2. The minimum Gasteiger partial charge on any atom is -0.481 e. The summed E-state index contributed by atoms with van der Waals surface area (Å²) in [6.07, 6.45) is 0. The Labute approximate surface area is 180 Å². The van der Waals surface area contributed by atoms with E-state index in [1.165, 1.54) is 12.1 Å². The normalized spacial score (nSPS) is 24.7. The molecule has 5 heteroatoms. The van der Waals surface area contributed by atoms with Crippen molar-refractivity contribution in [2.45, 2.75) is 31.2 Å². The lowest BCUT2D eigenvalue weighted by molar-refractivity contribution is -0.265. The number of rotatable bonds is 7. The van der Waals surface area contributed by atoms with Crippen molar-refractivity contribution < 1.29 is 24.1 Å². The van der Waals surface area contributed by atoms with Gasteiger partial charge in [-0.3, -0.25) is 4.79 Å². The molecular formula is C26H25FO4. The topological polar surface area (TPSA) is 66.8 Å². The van der Waals surface area contributed by atoms with Crippen molar-refractivity contribution in [3.63, 3.8) is 0 Å². The molecule has 0 aromatic heterocycles. The number of ether oxygens (including phenoxy) is 1. The Morgan fingerprint density at radius 2 is 1.39 bits per heavy atom. The van der Waals surface area contributed by atoms with Gasteiger partial charge in [0.15, 0.2) is 5.79 Å². The summed E-state index contributed by atoms with van der Waals surface area (Å²) in [4.78, 5) is 12.3. The molecule has 0 radical (unpaired) electrons. The van der Waals surface area contributed by atoms with E-state index in [0.29, 0.717) is 0 Å². The highest BCUT2D eigenvalue weighted by Crippen LogP contribution is 2.61. The molecule has 31 heavy (non-hydrogen) atoms. The van der Waals surface area contributed by atoms with Gasteiger partial charge in [-0.25, -0.2) is 4.39 Å². The molecule has 5 atom stereocenters. The minimum absolute atomic E-state index is 0.0878. The molecule has 0 heterocycles. The molecule has 1 aliphatic rings. The fourth-order valence-electron chi connectivity index (χ4n) is 4.81. The van der Waals surface area contributed by atoms with Crippen LogP contribution >= 0.6 is 0 Å². The van der Waals surface area contributed by atoms with Gasteiger partial charge in [0.25, 0.3) is 0 Å². The van der Waals surface area contributed by atoms with Crippen LogP contribution < -0.4 is 0 Å². The highest BCUT2D eigenvalue weighted by atomic mass is 19.1. The summed E-state index contributed by atoms with van der Waals surface area (Å²) >= 11 is 0. The molecule has 4 rings (SSSR count). The van der Waals surface area contributed by atoms with Gasteiger partial charge in [0.2, 0.25) is 0 Å². The predicted octanol–water partition coefficient (Wildman–Crippen LogP) is 4.95. The molecule has 1 fully saturated rings. The molecule has 160 valence electrons. The van der Waals surface area contributed by atoms with Crippen molar-refractivity contribution in [2.75, 3.05) is 0 Å². The van der Waals surface area contributed by atoms with Crippen molar-refractivity contribution in [1.29, 1.82) is 0 Å². The molecule has 0 spiro atoms. The molecule has 0 bridgehead atoms. The number of halogens is 1. The first kappa shape index (κ1) is 21.2. The third-order valence-corrected chi connectivity index (χ3v) is 6.26. The van der Waals surface area contributed by atoms with Crippen LogP contribution in [-0.4, -0.2) is 22.0 Å². The van der Waals surface area contributed by atoms with Crippen LogP contribution in [0, 0.1) is 17.7 Å². The second kappa shape index (κ2) is 8.61. The maximum Gasteiger partial charge on any atom is 0.307 e. The first-order valence-electron chi connectivity index (χ1n) is 10.3. The Morgan fingerprint density at radius 3 is 1.84 bits per heavy atom. The first-order chi connectivity index (χ1) is 14.9. The van der Waals surface area contributed by atoms with Gasteiger partial charge in [0, 0.05) is 17.8 Å². The third kappa shape index (κ3) is 4.24. The number of hydrogen-bond donors (Lipinski definition) is 2. The Hall–Kier alpha value is -3.02. The number of benzene rings is 3. The lowest BCUT2D eigenvalue weighted by atomic mass is 9.50. The maximum atomic E-state index is 13.2. The van der Waals surface area contributed by atoms with Gasteiger partial charge in [-0.1, -0.05) is 72.8 Å². The lowest BCUT2D eigenvalue weighted by Gasteiger charge is -2.55. The molecule has 1 aliphatic carbocycles. The van der Waals surface area contributed by atoms with Crippen LogP contribution in [0.5, 0.6) is 0 Å². The van der Waals surface area contributed by atoms with Gasteiger partial charge in [-0.2, -0.15) is 0 Å². The van der Waals surface area contributed by atoms with Gasteiger partial charge >= 0.3 is 5.97 Å². The van der Waals surface area contributed by atoms with Crippen molar-refractivity contribution in [3.05, 3.63) is 107 Å². The summed E-state index contributed by atoms with van der Waals surface area (Å²) in [5.41, 5.74) is 2.44. The summed E-state index contributed by atoms with van der Waals surface area (Å²) in [6.45, 7) is 1.68. The number of carboxylic acids is 1. The molecule has 3 aromatic rings. The van der Waals surface area contributed by atoms with Gasteiger partial charge in [-0.15, -0.1) is 0 Å². The van der Waals surface area contributed by atoms with Crippen LogP contribution in [0.25, 0.3) is 0 Å². The number of hydrogen-bond acceptors (Lipinski definition) is 3. The SMILES string of the molecule is CC(O)(OCc1ccc(F)cc1)[C@@H]1C(c2ccccc2)[C@@H](C(=O)O)[C@@H]1c1ccccc1. The zero-order chi connectivity index (χ0) is 22.0. The Balaban J connectivity index is 1.68. The second-order valence-electron chi connectivity index (χ2n) is 8.23. The monoisotopic (exact) mass is 420 g/mol. The number of carboxylic acid groups (broad SMARTS) is 1. The zero-order valence-corrected chi connectivity index (χ0v) is 17.2. The van der Waals surface area contributed by atoms with E-state index in [4.69, 9.17) is 4.74 Å². The van der Waals surface area contributed by atoms with E-state index in [9.17, 15) is 19.4 Å². The summed E-state index contributed by atoms with van der Waals surface area (Å²) in [5.74, 6) is -4.81. The lowest BCUT2D eigenvalue weighted by Crippen LogP contribution is -2.57. The Bertz CT molecular complexity index is 971. The van der Waals surface area contributed by atoms with E-state index in [-0.39, 0.29) is 12.4 Å². The van der Waals surface area contributed by atoms with E-state index in [1.54, 1.807) is 19.1 Å². The number of aliphatic hydroxyl groups is 1. The Morgan fingerprint density at radius 1 is 0.903 bits per heavy atom. The summed E-state index contributed by atoms with van der Waals surface area (Å²) < 4.78 is 19.1. The summed E-state index contributed by atoms with van der Waals surface area (Å²) in [5, 5.41) is 21.5. The molecule has 1 saturated carbocycles. The highest BCUT2D eigenvalue weighted by Gasteiger charge is 2.61. The smallest absolute Gasteiger partial charge is 0.307 e. The number of aliphatic carboxylic acids is 1. The average molecular weight is 420 g/mol. The van der Waals surface area contributed by atoms with Crippen LogP contribution in [0.3, 0.4) is 0 Å². The van der Waals surface area contributed by atoms with Crippen LogP contribution in [0.1, 0.15) is 35.4 Å². The third-order valence-electron chi connectivity index (χ3n) is 6.26. The molecular weight excluding hydrogens is 395 g/mol. The van der Waals surface area contributed by atoms with Gasteiger partial charge in [0.05, 0.1) is 12.5 Å². The van der Waals surface area contributed by atoms with E-state index >= 15 is 0 Å². The molecule has 0 aliphatic heterocycles. The van der Waals surface area contributed by atoms with E-state index in [0.717, 1.165) is 16.7 Å². The summed E-state index contributed by atoms with van der Waals surface area (Å²) in [7, 11) is 0. The van der Waals surface area contributed by atoms with E-state index < -0.39 is 35.4 Å². The van der Waals surface area contributed by atoms with Crippen molar-refractivity contribution in [1.82, 2.24) is 0 Å². The molecule has 3 aromatic carbocycles. The van der Waals surface area contributed by atoms with Crippen molar-refractivity contribution in [3.8, 4) is 0 Å². The standard InChI is InChI=1S/C26H25FO4/c1-26(30,31-16-17-12-14-20(27)15-13-17)24-21(18-8-4-2-5-9-18)23(25(28)29)22(24)19-10-6-3-7-11-19/h2-15,21-24,30H,16H2,1H3,(H,28,29)/t21-,22?,23-,24-,26?/m0/s1. The van der Waals surface area contributed by atoms with Crippen molar-refractivity contribution in [2.24, 2.45) is 11.8 Å². The van der Waals surface area contributed by atoms with Crippen LogP contribution in [0.2, 0.25) is 0 Å². The fourth-order valence-corrected chi connectivity index (χ4v) is 4.81. The van der Waals surface area contributed by atoms with Gasteiger partial charge < -0.3 is 14.9 Å². The molecule has 4 nitrogen and oxygen atoms in total. The Kier molecular flexibility index (Phi) is 5.90. The molecule has 0 amide bonds. The predicted molar refractivity (Wildman–Crippen MR) is 115 cm³/mol. The highest BCUT2D eigenvalue weighted by molar-refractivity contribution is 5.75. The van der Waals surface area contributed by atoms with Crippen LogP contribution in [-0.2, 0) is 16.1 Å². The van der Waals surface area contributed by atoms with Crippen LogP contribution in [0.4, 0.5) is 4.39 Å². The molecule has 0 saturated heterocycles. The van der Waals surface area contributed by atoms with Crippen LogP contribution in [0.15, 0.2) is 84.9 Å². The minimum atomic E-state index is -1.60. The van der Waals surface area contributed by atoms with Gasteiger partial charge in [0.1, 0.15) is 5.82 Å². The van der Waals surface area contributed by atoms with E-state index in [1.807, 2.05) is 60.7 Å². The average Bonchev–Trinajstić information content (AvgIpc) is 2.74. The van der Waals surface area contributed by atoms with Crippen molar-refractivity contribution >= 4 is 5.97 Å². The molecule has 2 unspecified atom stereocenters. The molecule has 2 N–H and O–H groups in total. The van der Waals surface area contributed by atoms with E-state index in [2.05, 4.69) is 0 Å². The fraction of sp³-hybridized carbons (Fsp3) is 0.269. The second-order valence-corrected chi connectivity index (χ2v) is 8.23. The first-order valence-corrected chi connectivity index (χ1v) is 10.3. The summed E-state index contributed by atoms with van der Waals surface area (Å²) in [6, 6.07) is 24.7. The number of carbonyl (C=O) groups is 1.